The maximum Gasteiger partial charge on any atom is 0.337 e. The van der Waals surface area contributed by atoms with E-state index >= 15 is 0 Å². The number of amides is 1. The summed E-state index contributed by atoms with van der Waals surface area (Å²) in [7, 11) is 1.31. The van der Waals surface area contributed by atoms with Gasteiger partial charge >= 0.3 is 5.97 Å². The van der Waals surface area contributed by atoms with Crippen LogP contribution in [0.3, 0.4) is 0 Å². The monoisotopic (exact) mass is 357 g/mol. The zero-order valence-corrected chi connectivity index (χ0v) is 14.7. The van der Waals surface area contributed by atoms with Gasteiger partial charge in [-0.25, -0.2) is 4.79 Å². The van der Waals surface area contributed by atoms with Crippen molar-refractivity contribution in [3.63, 3.8) is 0 Å². The van der Waals surface area contributed by atoms with Crippen molar-refractivity contribution in [1.29, 1.82) is 0 Å². The molecule has 3 rings (SSSR count). The van der Waals surface area contributed by atoms with Crippen molar-refractivity contribution in [1.82, 2.24) is 0 Å². The molecule has 0 bridgehead atoms. The molecule has 5 nitrogen and oxygen atoms in total. The molecule has 0 spiro atoms. The normalized spacial score (nSPS) is 10.7. The van der Waals surface area contributed by atoms with Crippen molar-refractivity contribution in [2.24, 2.45) is 0 Å². The van der Waals surface area contributed by atoms with Crippen molar-refractivity contribution in [3.05, 3.63) is 63.9 Å². The summed E-state index contributed by atoms with van der Waals surface area (Å²) < 4.78 is 10.4. The molecular formula is C19H16ClNO4. The number of halogens is 1. The average Bonchev–Trinajstić information content (AvgIpc) is 2.92. The van der Waals surface area contributed by atoms with Crippen LogP contribution in [0.25, 0.3) is 11.0 Å². The molecule has 0 saturated carbocycles. The van der Waals surface area contributed by atoms with Gasteiger partial charge in [-0.15, -0.1) is 0 Å². The summed E-state index contributed by atoms with van der Waals surface area (Å²) in [6.45, 7) is 3.64. The Hall–Kier alpha value is -2.79. The number of esters is 1. The molecule has 0 unspecified atom stereocenters. The van der Waals surface area contributed by atoms with Crippen LogP contribution in [-0.4, -0.2) is 19.0 Å². The number of methoxy groups -OCH3 is 1. The third kappa shape index (κ3) is 3.23. The third-order valence-electron chi connectivity index (χ3n) is 4.01. The number of carbonyl (C=O) groups excluding carboxylic acids is 2. The van der Waals surface area contributed by atoms with E-state index in [-0.39, 0.29) is 5.76 Å². The van der Waals surface area contributed by atoms with Gasteiger partial charge in [-0.1, -0.05) is 17.7 Å². The second-order valence-electron chi connectivity index (χ2n) is 5.67. The van der Waals surface area contributed by atoms with Crippen molar-refractivity contribution < 1.29 is 18.7 Å². The van der Waals surface area contributed by atoms with E-state index < -0.39 is 11.9 Å². The topological polar surface area (TPSA) is 68.5 Å². The van der Waals surface area contributed by atoms with Gasteiger partial charge in [-0.05, 0) is 49.7 Å². The summed E-state index contributed by atoms with van der Waals surface area (Å²) >= 11 is 6.00. The number of fused-ring (bicyclic) bond motifs is 1. The first-order valence-corrected chi connectivity index (χ1v) is 7.97. The van der Waals surface area contributed by atoms with Gasteiger partial charge in [0.25, 0.3) is 5.91 Å². The highest BCUT2D eigenvalue weighted by Gasteiger charge is 2.19. The Bertz CT molecular complexity index is 990. The molecule has 2 aromatic carbocycles. The summed E-state index contributed by atoms with van der Waals surface area (Å²) in [5.74, 6) is -0.653. The molecule has 0 fully saturated rings. The first-order valence-electron chi connectivity index (χ1n) is 7.59. The van der Waals surface area contributed by atoms with Crippen molar-refractivity contribution in [3.8, 4) is 0 Å². The predicted molar refractivity (Wildman–Crippen MR) is 96.4 cm³/mol. The van der Waals surface area contributed by atoms with E-state index in [0.717, 1.165) is 10.9 Å². The first kappa shape index (κ1) is 17.0. The second-order valence-corrected chi connectivity index (χ2v) is 6.11. The minimum absolute atomic E-state index is 0.208. The molecule has 0 aliphatic carbocycles. The van der Waals surface area contributed by atoms with Gasteiger partial charge < -0.3 is 14.5 Å². The minimum Gasteiger partial charge on any atom is -0.465 e. The second kappa shape index (κ2) is 6.61. The molecule has 0 atom stereocenters. The zero-order chi connectivity index (χ0) is 18.1. The van der Waals surface area contributed by atoms with Gasteiger partial charge in [0, 0.05) is 21.7 Å². The van der Waals surface area contributed by atoms with Crippen molar-refractivity contribution in [2.75, 3.05) is 12.4 Å². The SMILES string of the molecule is COC(=O)c1ccc(C)c(NC(=O)c2oc3ccc(Cl)cc3c2C)c1. The number of carbonyl (C=O) groups is 2. The fourth-order valence-electron chi connectivity index (χ4n) is 2.59. The molecular weight excluding hydrogens is 342 g/mol. The number of hydrogen-bond donors (Lipinski definition) is 1. The largest absolute Gasteiger partial charge is 0.465 e. The van der Waals surface area contributed by atoms with E-state index in [1.165, 1.54) is 7.11 Å². The molecule has 6 heteroatoms. The van der Waals surface area contributed by atoms with Crippen molar-refractivity contribution >= 4 is 40.1 Å². The van der Waals surface area contributed by atoms with E-state index in [4.69, 9.17) is 20.8 Å². The van der Waals surface area contributed by atoms with Gasteiger partial charge in [0.05, 0.1) is 12.7 Å². The smallest absolute Gasteiger partial charge is 0.337 e. The summed E-state index contributed by atoms with van der Waals surface area (Å²) in [4.78, 5) is 24.3. The van der Waals surface area contributed by atoms with Crippen LogP contribution in [0.5, 0.6) is 0 Å². The molecule has 25 heavy (non-hydrogen) atoms. The molecule has 0 radical (unpaired) electrons. The van der Waals surface area contributed by atoms with Crippen molar-refractivity contribution in [2.45, 2.75) is 13.8 Å². The van der Waals surface area contributed by atoms with Crippen LogP contribution in [0, 0.1) is 13.8 Å². The summed E-state index contributed by atoms with van der Waals surface area (Å²) in [5, 5.41) is 4.15. The van der Waals surface area contributed by atoms with E-state index in [2.05, 4.69) is 5.32 Å². The number of rotatable bonds is 3. The highest BCUT2D eigenvalue weighted by molar-refractivity contribution is 6.31. The Morgan fingerprint density at radius 2 is 1.88 bits per heavy atom. The van der Waals surface area contributed by atoms with Crippen LogP contribution in [0.15, 0.2) is 40.8 Å². The highest BCUT2D eigenvalue weighted by Crippen LogP contribution is 2.29. The van der Waals surface area contributed by atoms with Crippen LogP contribution < -0.4 is 5.32 Å². The van der Waals surface area contributed by atoms with E-state index in [1.54, 1.807) is 43.3 Å². The number of furan rings is 1. The third-order valence-corrected chi connectivity index (χ3v) is 4.25. The Balaban J connectivity index is 1.95. The maximum atomic E-state index is 12.6. The van der Waals surface area contributed by atoms with Crippen LogP contribution in [-0.2, 0) is 4.74 Å². The van der Waals surface area contributed by atoms with Gasteiger partial charge in [-0.2, -0.15) is 0 Å². The van der Waals surface area contributed by atoms with Gasteiger partial charge in [-0.3, -0.25) is 4.79 Å². The number of anilines is 1. The Morgan fingerprint density at radius 1 is 1.12 bits per heavy atom. The van der Waals surface area contributed by atoms with E-state index in [9.17, 15) is 9.59 Å². The molecule has 1 heterocycles. The van der Waals surface area contributed by atoms with Crippen LogP contribution in [0.1, 0.15) is 32.0 Å². The van der Waals surface area contributed by atoms with Crippen LogP contribution in [0.2, 0.25) is 5.02 Å². The summed E-state index contributed by atoms with van der Waals surface area (Å²) in [6.07, 6.45) is 0. The molecule has 0 aliphatic heterocycles. The first-order chi connectivity index (χ1) is 11.9. The fraction of sp³-hybridized carbons (Fsp3) is 0.158. The standard InChI is InChI=1S/C19H16ClNO4/c1-10-4-5-12(19(23)24-3)8-15(10)21-18(22)17-11(2)14-9-13(20)6-7-16(14)25-17/h4-9H,1-3H3,(H,21,22). The number of aryl methyl sites for hydroxylation is 2. The van der Waals surface area contributed by atoms with E-state index in [0.29, 0.717) is 27.4 Å². The molecule has 0 saturated heterocycles. The Labute approximate surface area is 149 Å². The fourth-order valence-corrected chi connectivity index (χ4v) is 2.76. The summed E-state index contributed by atoms with van der Waals surface area (Å²) in [6, 6.07) is 10.2. The molecule has 0 aliphatic rings. The van der Waals surface area contributed by atoms with Gasteiger partial charge in [0.1, 0.15) is 5.58 Å². The maximum absolute atomic E-state index is 12.6. The van der Waals surface area contributed by atoms with Crippen LogP contribution in [0.4, 0.5) is 5.69 Å². The molecule has 1 N–H and O–H groups in total. The van der Waals surface area contributed by atoms with Gasteiger partial charge in [0.2, 0.25) is 0 Å². The number of benzene rings is 2. The number of hydrogen-bond acceptors (Lipinski definition) is 4. The predicted octanol–water partition coefficient (Wildman–Crippen LogP) is 4.74. The minimum atomic E-state index is -0.468. The molecule has 1 aromatic heterocycles. The average molecular weight is 358 g/mol. The quantitative estimate of drug-likeness (QED) is 0.687. The zero-order valence-electron chi connectivity index (χ0n) is 14.0. The van der Waals surface area contributed by atoms with Gasteiger partial charge in [0.15, 0.2) is 5.76 Å². The molecule has 3 aromatic rings. The Kier molecular flexibility index (Phi) is 4.51. The Morgan fingerprint density at radius 3 is 2.60 bits per heavy atom. The summed E-state index contributed by atoms with van der Waals surface area (Å²) in [5.41, 5.74) is 2.99. The number of ether oxygens (including phenoxy) is 1. The highest BCUT2D eigenvalue weighted by atomic mass is 35.5. The lowest BCUT2D eigenvalue weighted by atomic mass is 10.1. The lowest BCUT2D eigenvalue weighted by Gasteiger charge is -2.09. The lowest BCUT2D eigenvalue weighted by molar-refractivity contribution is 0.0600. The molecule has 128 valence electrons. The van der Waals surface area contributed by atoms with E-state index in [1.807, 2.05) is 6.92 Å². The number of nitrogens with one attached hydrogen (secondary N) is 1. The molecule has 1 amide bonds. The lowest BCUT2D eigenvalue weighted by Crippen LogP contribution is -2.14. The van der Waals surface area contributed by atoms with Crippen LogP contribution >= 0.6 is 11.6 Å².